The normalized spacial score (nSPS) is 11.4. The summed E-state index contributed by atoms with van der Waals surface area (Å²) in [4.78, 5) is 13.3. The van der Waals surface area contributed by atoms with Crippen LogP contribution in [0.3, 0.4) is 0 Å². The van der Waals surface area contributed by atoms with Crippen molar-refractivity contribution in [1.82, 2.24) is 4.90 Å². The average molecular weight is 247 g/mol. The number of rotatable bonds is 4. The highest BCUT2D eigenvalue weighted by Crippen LogP contribution is 2.09. The van der Waals surface area contributed by atoms with E-state index in [4.69, 9.17) is 10.4 Å². The molecule has 0 aromatic heterocycles. The molecule has 0 aliphatic heterocycles. The van der Waals surface area contributed by atoms with Crippen LogP contribution in [-0.4, -0.2) is 35.7 Å². The van der Waals surface area contributed by atoms with Crippen molar-refractivity contribution in [1.29, 1.82) is 5.26 Å². The third-order valence-electron chi connectivity index (χ3n) is 2.49. The summed E-state index contributed by atoms with van der Waals surface area (Å²) in [6.07, 6.45) is 0.118. The summed E-state index contributed by atoms with van der Waals surface area (Å²) in [5, 5.41) is 20.5. The smallest absolute Gasteiger partial charge is 0.321 e. The number of carbonyl (C=O) groups is 1. The monoisotopic (exact) mass is 247 g/mol. The van der Waals surface area contributed by atoms with E-state index in [2.05, 4.69) is 5.32 Å². The summed E-state index contributed by atoms with van der Waals surface area (Å²) in [7, 11) is 1.67. The van der Waals surface area contributed by atoms with Crippen LogP contribution < -0.4 is 5.32 Å². The Hall–Kier alpha value is -2.06. The molecular formula is C13H17N3O2. The molecule has 2 amide bonds. The number of urea groups is 1. The molecule has 1 aromatic carbocycles. The Morgan fingerprint density at radius 2 is 2.11 bits per heavy atom. The molecule has 0 aliphatic carbocycles. The number of aliphatic hydroxyl groups excluding tert-OH is 1. The van der Waals surface area contributed by atoms with Crippen molar-refractivity contribution >= 4 is 11.7 Å². The number of anilines is 1. The largest absolute Gasteiger partial charge is 0.393 e. The van der Waals surface area contributed by atoms with Crippen molar-refractivity contribution in [2.75, 3.05) is 18.9 Å². The van der Waals surface area contributed by atoms with Gasteiger partial charge in [0, 0.05) is 19.3 Å². The second-order valence-electron chi connectivity index (χ2n) is 4.18. The van der Waals surface area contributed by atoms with Gasteiger partial charge < -0.3 is 15.3 Å². The Labute approximate surface area is 107 Å². The lowest BCUT2D eigenvalue weighted by molar-refractivity contribution is 0.167. The number of benzene rings is 1. The van der Waals surface area contributed by atoms with Gasteiger partial charge in [-0.15, -0.1) is 0 Å². The number of nitrogens with one attached hydrogen (secondary N) is 1. The van der Waals surface area contributed by atoms with Crippen LogP contribution in [0, 0.1) is 11.3 Å². The first-order chi connectivity index (χ1) is 8.52. The van der Waals surface area contributed by atoms with Gasteiger partial charge in [0.25, 0.3) is 0 Å². The van der Waals surface area contributed by atoms with Gasteiger partial charge in [0.2, 0.25) is 0 Å². The molecule has 5 heteroatoms. The summed E-state index contributed by atoms with van der Waals surface area (Å²) in [5.74, 6) is 0. The van der Waals surface area contributed by atoms with Gasteiger partial charge in [0.15, 0.2) is 0 Å². The Kier molecular flexibility index (Phi) is 5.15. The maximum Gasteiger partial charge on any atom is 0.321 e. The summed E-state index contributed by atoms with van der Waals surface area (Å²) >= 11 is 0. The second kappa shape index (κ2) is 6.62. The molecule has 0 saturated heterocycles. The van der Waals surface area contributed by atoms with E-state index in [9.17, 15) is 4.79 Å². The predicted octanol–water partition coefficient (Wildman–Crippen LogP) is 1.79. The Morgan fingerprint density at radius 3 is 2.61 bits per heavy atom. The van der Waals surface area contributed by atoms with E-state index in [1.807, 2.05) is 6.07 Å². The third-order valence-corrected chi connectivity index (χ3v) is 2.49. The Bertz CT molecular complexity index is 435. The number of carbonyl (C=O) groups excluding carboxylic acids is 1. The van der Waals surface area contributed by atoms with Crippen LogP contribution in [0.2, 0.25) is 0 Å². The molecule has 0 saturated carbocycles. The van der Waals surface area contributed by atoms with E-state index in [-0.39, 0.29) is 6.03 Å². The highest BCUT2D eigenvalue weighted by molar-refractivity contribution is 5.89. The molecular weight excluding hydrogens is 230 g/mol. The lowest BCUT2D eigenvalue weighted by atomic mass is 10.2. The zero-order valence-corrected chi connectivity index (χ0v) is 10.6. The van der Waals surface area contributed by atoms with E-state index < -0.39 is 6.10 Å². The zero-order chi connectivity index (χ0) is 13.5. The minimum Gasteiger partial charge on any atom is -0.393 e. The number of hydrogen-bond acceptors (Lipinski definition) is 3. The molecule has 0 aliphatic rings. The van der Waals surface area contributed by atoms with E-state index in [1.54, 1.807) is 38.2 Å². The molecule has 18 heavy (non-hydrogen) atoms. The van der Waals surface area contributed by atoms with Crippen molar-refractivity contribution in [3.05, 3.63) is 29.8 Å². The van der Waals surface area contributed by atoms with Crippen LogP contribution in [0.15, 0.2) is 24.3 Å². The van der Waals surface area contributed by atoms with Crippen molar-refractivity contribution in [3.8, 4) is 6.07 Å². The number of nitriles is 1. The minimum atomic E-state index is -0.421. The summed E-state index contributed by atoms with van der Waals surface area (Å²) in [6, 6.07) is 8.42. The van der Waals surface area contributed by atoms with Gasteiger partial charge in [0.05, 0.1) is 17.7 Å². The van der Waals surface area contributed by atoms with Crippen LogP contribution >= 0.6 is 0 Å². The molecule has 2 N–H and O–H groups in total. The van der Waals surface area contributed by atoms with Crippen molar-refractivity contribution < 1.29 is 9.90 Å². The van der Waals surface area contributed by atoms with Gasteiger partial charge in [-0.25, -0.2) is 4.79 Å². The van der Waals surface area contributed by atoms with Crippen molar-refractivity contribution in [2.24, 2.45) is 0 Å². The van der Waals surface area contributed by atoms with Gasteiger partial charge in [-0.2, -0.15) is 5.26 Å². The summed E-state index contributed by atoms with van der Waals surface area (Å²) in [6.45, 7) is 2.17. The Balaban J connectivity index is 2.50. The van der Waals surface area contributed by atoms with Gasteiger partial charge in [-0.3, -0.25) is 0 Å². The summed E-state index contributed by atoms with van der Waals surface area (Å²) < 4.78 is 0. The maximum atomic E-state index is 11.7. The molecule has 0 spiro atoms. The van der Waals surface area contributed by atoms with E-state index >= 15 is 0 Å². The number of amides is 2. The minimum absolute atomic E-state index is 0.236. The molecule has 1 aromatic rings. The molecule has 0 fully saturated rings. The lowest BCUT2D eigenvalue weighted by Crippen LogP contribution is -2.33. The highest BCUT2D eigenvalue weighted by atomic mass is 16.3. The van der Waals surface area contributed by atoms with Gasteiger partial charge >= 0.3 is 6.03 Å². The van der Waals surface area contributed by atoms with Crippen LogP contribution in [0.5, 0.6) is 0 Å². The molecule has 5 nitrogen and oxygen atoms in total. The first kappa shape index (κ1) is 14.0. The van der Waals surface area contributed by atoms with Gasteiger partial charge in [0.1, 0.15) is 0 Å². The fourth-order valence-corrected chi connectivity index (χ4v) is 1.33. The van der Waals surface area contributed by atoms with Gasteiger partial charge in [-0.1, -0.05) is 0 Å². The van der Waals surface area contributed by atoms with Crippen molar-refractivity contribution in [3.63, 3.8) is 0 Å². The zero-order valence-electron chi connectivity index (χ0n) is 10.6. The first-order valence-electron chi connectivity index (χ1n) is 5.73. The second-order valence-corrected chi connectivity index (χ2v) is 4.18. The maximum absolute atomic E-state index is 11.7. The van der Waals surface area contributed by atoms with Crippen LogP contribution in [-0.2, 0) is 0 Å². The van der Waals surface area contributed by atoms with Crippen LogP contribution in [0.25, 0.3) is 0 Å². The van der Waals surface area contributed by atoms with E-state index in [0.717, 1.165) is 0 Å². The van der Waals surface area contributed by atoms with E-state index in [0.29, 0.717) is 24.2 Å². The highest BCUT2D eigenvalue weighted by Gasteiger charge is 2.09. The van der Waals surface area contributed by atoms with Crippen LogP contribution in [0.4, 0.5) is 10.5 Å². The third kappa shape index (κ3) is 4.44. The van der Waals surface area contributed by atoms with Crippen molar-refractivity contribution in [2.45, 2.75) is 19.4 Å². The fraction of sp³-hybridized carbons (Fsp3) is 0.385. The standard InChI is InChI=1S/C13H17N3O2/c1-10(17)7-8-16(2)13(18)15-12-5-3-11(9-14)4-6-12/h3-6,10,17H,7-8H2,1-2H3,(H,15,18). The van der Waals surface area contributed by atoms with Crippen LogP contribution in [0.1, 0.15) is 18.9 Å². The molecule has 0 heterocycles. The average Bonchev–Trinajstić information content (AvgIpc) is 2.36. The molecule has 0 bridgehead atoms. The first-order valence-corrected chi connectivity index (χ1v) is 5.73. The predicted molar refractivity (Wildman–Crippen MR) is 69.1 cm³/mol. The number of hydrogen-bond donors (Lipinski definition) is 2. The SMILES string of the molecule is CC(O)CCN(C)C(=O)Nc1ccc(C#N)cc1. The topological polar surface area (TPSA) is 76.4 Å². The molecule has 1 unspecified atom stereocenters. The van der Waals surface area contributed by atoms with E-state index in [1.165, 1.54) is 4.90 Å². The molecule has 1 atom stereocenters. The number of aliphatic hydroxyl groups is 1. The summed E-state index contributed by atoms with van der Waals surface area (Å²) in [5.41, 5.74) is 1.19. The quantitative estimate of drug-likeness (QED) is 0.851. The number of nitrogens with zero attached hydrogens (tertiary/aromatic N) is 2. The van der Waals surface area contributed by atoms with Gasteiger partial charge in [-0.05, 0) is 37.6 Å². The molecule has 96 valence electrons. The fourth-order valence-electron chi connectivity index (χ4n) is 1.33. The molecule has 1 rings (SSSR count). The molecule has 0 radical (unpaired) electrons. The lowest BCUT2D eigenvalue weighted by Gasteiger charge is -2.18. The Morgan fingerprint density at radius 1 is 1.50 bits per heavy atom.